The molecule has 1 heterocycles. The number of carboxylic acid groups (broad SMARTS) is 1. The van der Waals surface area contributed by atoms with Gasteiger partial charge in [0, 0.05) is 6.42 Å². The Morgan fingerprint density at radius 3 is 2.93 bits per heavy atom. The first-order chi connectivity index (χ1) is 6.93. The SMILES string of the molecule is C[C@]12CCC[C@](CC(=O)O)(C1)NC(=O)C2. The van der Waals surface area contributed by atoms with Gasteiger partial charge in [-0.1, -0.05) is 13.3 Å². The summed E-state index contributed by atoms with van der Waals surface area (Å²) >= 11 is 0. The molecule has 0 unspecified atom stereocenters. The van der Waals surface area contributed by atoms with Gasteiger partial charge in [0.25, 0.3) is 0 Å². The highest BCUT2D eigenvalue weighted by Gasteiger charge is 2.49. The van der Waals surface area contributed by atoms with Crippen molar-refractivity contribution >= 4 is 11.9 Å². The van der Waals surface area contributed by atoms with E-state index in [0.717, 1.165) is 25.7 Å². The van der Waals surface area contributed by atoms with E-state index in [2.05, 4.69) is 12.2 Å². The summed E-state index contributed by atoms with van der Waals surface area (Å²) in [7, 11) is 0. The summed E-state index contributed by atoms with van der Waals surface area (Å²) in [5, 5.41) is 11.8. The normalized spacial score (nSPS) is 39.7. The van der Waals surface area contributed by atoms with E-state index < -0.39 is 11.5 Å². The van der Waals surface area contributed by atoms with Crippen LogP contribution in [0.2, 0.25) is 0 Å². The van der Waals surface area contributed by atoms with Gasteiger partial charge in [0.1, 0.15) is 0 Å². The number of carboxylic acids is 1. The molecule has 1 aliphatic heterocycles. The van der Waals surface area contributed by atoms with E-state index >= 15 is 0 Å². The van der Waals surface area contributed by atoms with Gasteiger partial charge in [0.05, 0.1) is 12.0 Å². The predicted molar refractivity (Wildman–Crippen MR) is 54.3 cm³/mol. The van der Waals surface area contributed by atoms with E-state index in [0.29, 0.717) is 6.42 Å². The lowest BCUT2D eigenvalue weighted by molar-refractivity contribution is -0.142. The molecule has 84 valence electrons. The standard InChI is InChI=1S/C11H17NO3/c1-10-3-2-4-11(7-10,6-9(14)15)12-8(13)5-10/h2-7H2,1H3,(H,12,13)(H,14,15)/t10-,11+/m1/s1. The number of aliphatic carboxylic acids is 1. The van der Waals surface area contributed by atoms with E-state index in [1.807, 2.05) is 0 Å². The highest BCUT2D eigenvalue weighted by Crippen LogP contribution is 2.47. The third-order valence-electron chi connectivity index (χ3n) is 3.68. The molecule has 2 atom stereocenters. The van der Waals surface area contributed by atoms with Crippen molar-refractivity contribution in [3.05, 3.63) is 0 Å². The Bertz CT molecular complexity index is 311. The van der Waals surface area contributed by atoms with Gasteiger partial charge in [0.2, 0.25) is 5.91 Å². The summed E-state index contributed by atoms with van der Waals surface area (Å²) < 4.78 is 0. The molecule has 1 aliphatic carbocycles. The number of carbonyl (C=O) groups is 2. The van der Waals surface area contributed by atoms with Gasteiger partial charge in [-0.3, -0.25) is 9.59 Å². The van der Waals surface area contributed by atoms with Crippen molar-refractivity contribution in [3.8, 4) is 0 Å². The number of nitrogens with one attached hydrogen (secondary N) is 1. The van der Waals surface area contributed by atoms with Gasteiger partial charge in [0.15, 0.2) is 0 Å². The van der Waals surface area contributed by atoms with Gasteiger partial charge in [-0.25, -0.2) is 0 Å². The lowest BCUT2D eigenvalue weighted by Gasteiger charge is -2.50. The summed E-state index contributed by atoms with van der Waals surface area (Å²) in [6, 6.07) is 0. The average molecular weight is 211 g/mol. The van der Waals surface area contributed by atoms with Crippen molar-refractivity contribution in [3.63, 3.8) is 0 Å². The van der Waals surface area contributed by atoms with Crippen LogP contribution in [0, 0.1) is 5.41 Å². The molecule has 0 radical (unpaired) electrons. The zero-order valence-corrected chi connectivity index (χ0v) is 9.01. The second kappa shape index (κ2) is 3.22. The number of carbonyl (C=O) groups excluding carboxylic acids is 1. The Morgan fingerprint density at radius 2 is 2.27 bits per heavy atom. The maximum atomic E-state index is 11.6. The van der Waals surface area contributed by atoms with Crippen LogP contribution in [-0.2, 0) is 9.59 Å². The number of fused-ring (bicyclic) bond motifs is 2. The first-order valence-electron chi connectivity index (χ1n) is 5.46. The van der Waals surface area contributed by atoms with Gasteiger partial charge in [-0.05, 0) is 24.7 Å². The predicted octanol–water partition coefficient (Wildman–Crippen LogP) is 1.30. The molecule has 1 saturated heterocycles. The van der Waals surface area contributed by atoms with Crippen molar-refractivity contribution < 1.29 is 14.7 Å². The second-order valence-electron chi connectivity index (χ2n) is 5.42. The summed E-state index contributed by atoms with van der Waals surface area (Å²) in [5.74, 6) is -0.800. The van der Waals surface area contributed by atoms with Crippen LogP contribution < -0.4 is 5.32 Å². The minimum atomic E-state index is -0.818. The van der Waals surface area contributed by atoms with Crippen molar-refractivity contribution in [2.75, 3.05) is 0 Å². The summed E-state index contributed by atoms with van der Waals surface area (Å²) in [6.45, 7) is 2.10. The molecule has 2 rings (SSSR count). The Morgan fingerprint density at radius 1 is 1.53 bits per heavy atom. The smallest absolute Gasteiger partial charge is 0.305 e. The van der Waals surface area contributed by atoms with Crippen molar-refractivity contribution in [1.29, 1.82) is 0 Å². The largest absolute Gasteiger partial charge is 0.481 e. The van der Waals surface area contributed by atoms with E-state index in [9.17, 15) is 9.59 Å². The number of hydrogen-bond donors (Lipinski definition) is 2. The zero-order valence-electron chi connectivity index (χ0n) is 9.01. The fraction of sp³-hybridized carbons (Fsp3) is 0.818. The highest BCUT2D eigenvalue weighted by molar-refractivity contribution is 5.80. The molecule has 4 nitrogen and oxygen atoms in total. The zero-order chi connectivity index (χ0) is 11.1. The molecule has 0 aromatic rings. The lowest BCUT2D eigenvalue weighted by Crippen LogP contribution is -2.59. The van der Waals surface area contributed by atoms with Crippen LogP contribution in [-0.4, -0.2) is 22.5 Å². The molecule has 0 aromatic heterocycles. The number of piperidine rings is 1. The van der Waals surface area contributed by atoms with Gasteiger partial charge in [-0.2, -0.15) is 0 Å². The van der Waals surface area contributed by atoms with Gasteiger partial charge >= 0.3 is 5.97 Å². The number of rotatable bonds is 2. The second-order valence-corrected chi connectivity index (χ2v) is 5.42. The number of amides is 1. The summed E-state index contributed by atoms with van der Waals surface area (Å²) in [6.07, 6.45) is 4.30. The third-order valence-corrected chi connectivity index (χ3v) is 3.68. The van der Waals surface area contributed by atoms with Gasteiger partial charge < -0.3 is 10.4 Å². The quantitative estimate of drug-likeness (QED) is 0.723. The van der Waals surface area contributed by atoms with E-state index in [-0.39, 0.29) is 17.7 Å². The fourth-order valence-corrected chi connectivity index (χ4v) is 3.32. The average Bonchev–Trinajstić information content (AvgIpc) is 1.97. The van der Waals surface area contributed by atoms with Crippen molar-refractivity contribution in [1.82, 2.24) is 5.32 Å². The highest BCUT2D eigenvalue weighted by atomic mass is 16.4. The fourth-order valence-electron chi connectivity index (χ4n) is 3.32. The molecule has 2 bridgehead atoms. The van der Waals surface area contributed by atoms with Crippen LogP contribution in [0.15, 0.2) is 0 Å². The van der Waals surface area contributed by atoms with E-state index in [4.69, 9.17) is 5.11 Å². The van der Waals surface area contributed by atoms with Gasteiger partial charge in [-0.15, -0.1) is 0 Å². The monoisotopic (exact) mass is 211 g/mol. The van der Waals surface area contributed by atoms with Crippen LogP contribution in [0.3, 0.4) is 0 Å². The molecule has 4 heteroatoms. The van der Waals surface area contributed by atoms with Crippen LogP contribution in [0.25, 0.3) is 0 Å². The maximum absolute atomic E-state index is 11.6. The Balaban J connectivity index is 2.22. The minimum absolute atomic E-state index is 0.0182. The first kappa shape index (κ1) is 10.5. The topological polar surface area (TPSA) is 66.4 Å². The summed E-state index contributed by atoms with van der Waals surface area (Å²) in [4.78, 5) is 22.4. The number of hydrogen-bond acceptors (Lipinski definition) is 2. The van der Waals surface area contributed by atoms with E-state index in [1.54, 1.807) is 0 Å². The first-order valence-corrected chi connectivity index (χ1v) is 5.46. The molecular formula is C11H17NO3. The van der Waals surface area contributed by atoms with Crippen LogP contribution >= 0.6 is 0 Å². The van der Waals surface area contributed by atoms with Crippen LogP contribution in [0.4, 0.5) is 0 Å². The molecule has 15 heavy (non-hydrogen) atoms. The molecule has 1 amide bonds. The van der Waals surface area contributed by atoms with Crippen molar-refractivity contribution in [2.45, 2.75) is 51.0 Å². The molecule has 0 spiro atoms. The van der Waals surface area contributed by atoms with Crippen molar-refractivity contribution in [2.24, 2.45) is 5.41 Å². The third kappa shape index (κ3) is 1.98. The van der Waals surface area contributed by atoms with Crippen LogP contribution in [0.5, 0.6) is 0 Å². The minimum Gasteiger partial charge on any atom is -0.481 e. The molecular weight excluding hydrogens is 194 g/mol. The molecule has 0 aromatic carbocycles. The maximum Gasteiger partial charge on any atom is 0.305 e. The molecule has 1 saturated carbocycles. The van der Waals surface area contributed by atoms with Crippen LogP contribution in [0.1, 0.15) is 45.4 Å². The summed E-state index contributed by atoms with van der Waals surface area (Å²) in [5.41, 5.74) is -0.440. The molecule has 2 N–H and O–H groups in total. The lowest BCUT2D eigenvalue weighted by atomic mass is 9.62. The Labute approximate surface area is 89.0 Å². The molecule has 2 aliphatic rings. The van der Waals surface area contributed by atoms with E-state index in [1.165, 1.54) is 0 Å². The Kier molecular flexibility index (Phi) is 2.24. The molecule has 2 fully saturated rings. The Hall–Kier alpha value is -1.06.